The quantitative estimate of drug-likeness (QED) is 0.649. The van der Waals surface area contributed by atoms with E-state index in [1.807, 2.05) is 12.2 Å². The van der Waals surface area contributed by atoms with Crippen molar-refractivity contribution in [3.05, 3.63) is 101 Å². The number of carbonyl (C=O) groups excluding carboxylic acids is 2. The molecule has 5 rings (SSSR count). The van der Waals surface area contributed by atoms with Gasteiger partial charge in [-0.3, -0.25) is 19.5 Å². The molecule has 3 aliphatic rings. The van der Waals surface area contributed by atoms with Crippen molar-refractivity contribution in [3.63, 3.8) is 0 Å². The number of aliphatic hydroxyl groups is 1. The predicted molar refractivity (Wildman–Crippen MR) is 128 cm³/mol. The molecule has 6 nitrogen and oxygen atoms in total. The fourth-order valence-corrected chi connectivity index (χ4v) is 5.57. The van der Waals surface area contributed by atoms with Gasteiger partial charge < -0.3 is 9.84 Å². The zero-order valence-electron chi connectivity index (χ0n) is 17.6. The lowest BCUT2D eigenvalue weighted by Gasteiger charge is -2.26. The summed E-state index contributed by atoms with van der Waals surface area (Å²) in [7, 11) is 0. The number of ether oxygens (including phenoxy) is 1. The average molecular weight is 497 g/mol. The van der Waals surface area contributed by atoms with Crippen LogP contribution in [0.5, 0.6) is 5.75 Å². The van der Waals surface area contributed by atoms with Gasteiger partial charge in [0, 0.05) is 10.6 Å². The van der Waals surface area contributed by atoms with Crippen LogP contribution in [-0.4, -0.2) is 44.8 Å². The molecule has 0 spiro atoms. The van der Waals surface area contributed by atoms with E-state index in [9.17, 15) is 19.1 Å². The number of Topliss-reactive ketones (excluding diaryl/α,β-unsaturated/α-hetero) is 1. The first-order chi connectivity index (χ1) is 16.4. The molecule has 2 aromatic rings. The molecule has 172 valence electrons. The number of para-hydroxylation sites is 1. The van der Waals surface area contributed by atoms with Gasteiger partial charge in [-0.1, -0.05) is 65.8 Å². The molecule has 1 aliphatic carbocycles. The normalized spacial score (nSPS) is 23.6. The number of rotatable bonds is 5. The van der Waals surface area contributed by atoms with Crippen LogP contribution in [-0.2, 0) is 9.59 Å². The van der Waals surface area contributed by atoms with Gasteiger partial charge in [-0.05, 0) is 30.4 Å². The molecule has 1 amide bonds. The van der Waals surface area contributed by atoms with E-state index in [1.165, 1.54) is 34.9 Å². The van der Waals surface area contributed by atoms with Crippen molar-refractivity contribution in [1.29, 1.82) is 0 Å². The van der Waals surface area contributed by atoms with Gasteiger partial charge >= 0.3 is 0 Å². The number of thioether (sulfide) groups is 1. The number of halogens is 2. The van der Waals surface area contributed by atoms with Crippen LogP contribution < -0.4 is 4.74 Å². The third-order valence-corrected chi connectivity index (χ3v) is 7.09. The lowest BCUT2D eigenvalue weighted by Crippen LogP contribution is -2.35. The van der Waals surface area contributed by atoms with E-state index < -0.39 is 35.9 Å². The van der Waals surface area contributed by atoms with Gasteiger partial charge in [0.05, 0.1) is 22.9 Å². The van der Waals surface area contributed by atoms with Crippen LogP contribution in [0.2, 0.25) is 0 Å². The Bertz CT molecular complexity index is 1290. The summed E-state index contributed by atoms with van der Waals surface area (Å²) in [5.74, 6) is -2.35. The van der Waals surface area contributed by atoms with E-state index in [-0.39, 0.29) is 27.6 Å². The van der Waals surface area contributed by atoms with Crippen molar-refractivity contribution in [2.75, 3.05) is 6.61 Å². The van der Waals surface area contributed by atoms with E-state index in [0.717, 1.165) is 0 Å². The Balaban J connectivity index is 1.51. The summed E-state index contributed by atoms with van der Waals surface area (Å²) in [5.41, 5.74) is -0.154. The summed E-state index contributed by atoms with van der Waals surface area (Å²) in [6.07, 6.45) is 5.36. The molecule has 0 bridgehead atoms. The summed E-state index contributed by atoms with van der Waals surface area (Å²) in [4.78, 5) is 32.2. The van der Waals surface area contributed by atoms with E-state index in [0.29, 0.717) is 10.8 Å². The first-order valence-corrected chi connectivity index (χ1v) is 11.7. The van der Waals surface area contributed by atoms with Gasteiger partial charge in [0.25, 0.3) is 5.91 Å². The molecule has 1 N–H and O–H groups in total. The second kappa shape index (κ2) is 9.12. The van der Waals surface area contributed by atoms with Crippen molar-refractivity contribution in [2.45, 2.75) is 17.3 Å². The number of nitrogens with zero attached hydrogens (tertiary/aromatic N) is 2. The Hall–Kier alpha value is -3.36. The van der Waals surface area contributed by atoms with Crippen LogP contribution in [0.4, 0.5) is 4.39 Å². The van der Waals surface area contributed by atoms with Crippen LogP contribution in [0.15, 0.2) is 94.2 Å². The van der Waals surface area contributed by atoms with Crippen LogP contribution in [0, 0.1) is 5.82 Å². The number of aliphatic hydroxyl groups excluding tert-OH is 1. The highest BCUT2D eigenvalue weighted by molar-refractivity contribution is 8.14. The molecule has 0 aromatic heterocycles. The van der Waals surface area contributed by atoms with Crippen molar-refractivity contribution >= 4 is 40.2 Å². The third kappa shape index (κ3) is 4.03. The summed E-state index contributed by atoms with van der Waals surface area (Å²) in [5, 5.41) is 11.4. The van der Waals surface area contributed by atoms with Crippen molar-refractivity contribution in [1.82, 2.24) is 4.90 Å². The van der Waals surface area contributed by atoms with E-state index in [2.05, 4.69) is 4.99 Å². The Morgan fingerprint density at radius 2 is 1.91 bits per heavy atom. The minimum absolute atomic E-state index is 0.0743. The summed E-state index contributed by atoms with van der Waals surface area (Å²) < 4.78 is 20.5. The summed E-state index contributed by atoms with van der Waals surface area (Å²) >= 11 is 7.38. The van der Waals surface area contributed by atoms with Crippen LogP contribution in [0.3, 0.4) is 0 Å². The number of hydrogen-bond donors (Lipinski definition) is 1. The minimum Gasteiger partial charge on any atom is -0.503 e. The second-order valence-electron chi connectivity index (χ2n) is 7.78. The SMILES string of the molecule is O=C(COc1ccccc1)C1=C(O)C(=O)N(C2=NC3C=CC(Cl)=CC3S2)C1c1ccccc1F. The molecule has 34 heavy (non-hydrogen) atoms. The molecule has 9 heteroatoms. The Morgan fingerprint density at radius 1 is 1.18 bits per heavy atom. The molecule has 0 saturated heterocycles. The summed E-state index contributed by atoms with van der Waals surface area (Å²) in [6, 6.07) is 13.1. The molecule has 0 fully saturated rings. The van der Waals surface area contributed by atoms with Gasteiger partial charge in [-0.2, -0.15) is 0 Å². The number of benzene rings is 2. The Labute approximate surface area is 204 Å². The fourth-order valence-electron chi connectivity index (χ4n) is 4.05. The smallest absolute Gasteiger partial charge is 0.296 e. The van der Waals surface area contributed by atoms with Crippen molar-refractivity contribution in [2.24, 2.45) is 4.99 Å². The highest BCUT2D eigenvalue weighted by Crippen LogP contribution is 2.44. The van der Waals surface area contributed by atoms with Crippen LogP contribution in [0.1, 0.15) is 11.6 Å². The molecule has 0 radical (unpaired) electrons. The maximum atomic E-state index is 14.9. The number of hydrogen-bond acceptors (Lipinski definition) is 6. The molecule has 2 aromatic carbocycles. The van der Waals surface area contributed by atoms with Gasteiger partial charge in [-0.15, -0.1) is 0 Å². The maximum Gasteiger partial charge on any atom is 0.296 e. The standard InChI is InChI=1S/C25H18ClFN2O4S/c26-14-10-11-18-20(12-14)34-25(28-18)29-22(16-8-4-5-9-17(16)27)21(23(31)24(29)32)19(30)13-33-15-6-2-1-3-7-15/h1-12,18,20,22,31H,13H2. The van der Waals surface area contributed by atoms with Gasteiger partial charge in [0.2, 0.25) is 5.78 Å². The molecular formula is C25H18ClFN2O4S. The first-order valence-electron chi connectivity index (χ1n) is 10.5. The highest BCUT2D eigenvalue weighted by Gasteiger charge is 2.48. The topological polar surface area (TPSA) is 79.2 Å². The molecule has 2 heterocycles. The number of allylic oxidation sites excluding steroid dienone is 2. The lowest BCUT2D eigenvalue weighted by molar-refractivity contribution is -0.125. The van der Waals surface area contributed by atoms with Crippen molar-refractivity contribution in [3.8, 4) is 5.75 Å². The summed E-state index contributed by atoms with van der Waals surface area (Å²) in [6.45, 7) is -0.429. The number of amides is 1. The van der Waals surface area contributed by atoms with E-state index in [4.69, 9.17) is 16.3 Å². The zero-order valence-corrected chi connectivity index (χ0v) is 19.2. The molecule has 3 atom stereocenters. The van der Waals surface area contributed by atoms with Gasteiger partial charge in [-0.25, -0.2) is 4.39 Å². The van der Waals surface area contributed by atoms with Crippen LogP contribution in [0.25, 0.3) is 0 Å². The highest BCUT2D eigenvalue weighted by atomic mass is 35.5. The average Bonchev–Trinajstić information content (AvgIpc) is 3.36. The van der Waals surface area contributed by atoms with Gasteiger partial charge in [0.1, 0.15) is 11.6 Å². The van der Waals surface area contributed by atoms with Gasteiger partial charge in [0.15, 0.2) is 17.5 Å². The molecule has 2 aliphatic heterocycles. The first kappa shape index (κ1) is 22.4. The number of fused-ring (bicyclic) bond motifs is 1. The largest absolute Gasteiger partial charge is 0.503 e. The van der Waals surface area contributed by atoms with E-state index >= 15 is 0 Å². The van der Waals surface area contributed by atoms with Crippen molar-refractivity contribution < 1.29 is 23.8 Å². The van der Waals surface area contributed by atoms with E-state index in [1.54, 1.807) is 42.5 Å². The monoisotopic (exact) mass is 496 g/mol. The third-order valence-electron chi connectivity index (χ3n) is 5.64. The number of amidine groups is 1. The minimum atomic E-state index is -1.18. The predicted octanol–water partition coefficient (Wildman–Crippen LogP) is 4.70. The zero-order chi connectivity index (χ0) is 23.8. The second-order valence-corrected chi connectivity index (χ2v) is 9.36. The number of carbonyl (C=O) groups is 2. The number of ketones is 1. The molecule has 3 unspecified atom stereocenters. The maximum absolute atomic E-state index is 14.9. The Morgan fingerprint density at radius 3 is 2.68 bits per heavy atom. The fraction of sp³-hybridized carbons (Fsp3) is 0.160. The van der Waals surface area contributed by atoms with Crippen LogP contribution >= 0.6 is 23.4 Å². The molecular weight excluding hydrogens is 479 g/mol. The number of aliphatic imine (C=N–C) groups is 1. The lowest BCUT2D eigenvalue weighted by atomic mass is 9.96. The Kier molecular flexibility index (Phi) is 6.02. The molecule has 0 saturated carbocycles.